The number of nitrogens with zero attached hydrogens (tertiary/aromatic N) is 3. The molecule has 1 amide bonds. The Bertz CT molecular complexity index is 421. The fourth-order valence-electron chi connectivity index (χ4n) is 2.25. The van der Waals surface area contributed by atoms with E-state index >= 15 is 0 Å². The lowest BCUT2D eigenvalue weighted by atomic mass is 9.96. The molecule has 0 bridgehead atoms. The molecule has 1 aromatic heterocycles. The number of nitrogens with one attached hydrogen (secondary N) is 3. The second-order valence-electron chi connectivity index (χ2n) is 5.66. The second kappa shape index (κ2) is 10.7. The zero-order valence-corrected chi connectivity index (χ0v) is 13.6. The summed E-state index contributed by atoms with van der Waals surface area (Å²) in [5.74, 6) is 0.752. The van der Waals surface area contributed by atoms with Crippen LogP contribution in [0.15, 0.2) is 0 Å². The average molecular weight is 314 g/mol. The van der Waals surface area contributed by atoms with Crippen LogP contribution in [0.2, 0.25) is 0 Å². The number of aromatic amines is 1. The van der Waals surface area contributed by atoms with Crippen molar-refractivity contribution in [2.45, 2.75) is 58.5 Å². The number of carbonyl (C=O) groups excluding carboxylic acids is 1. The Hall–Kier alpha value is -2.03. The molecule has 1 heterocycles. The molecule has 0 saturated heterocycles. The SMILES string of the molecule is CC(=O)NC(C)(C)CC(C)NCCCc1nn[nH]n1.O=CO. The van der Waals surface area contributed by atoms with Crippen molar-refractivity contribution < 1.29 is 14.7 Å². The molecule has 9 nitrogen and oxygen atoms in total. The van der Waals surface area contributed by atoms with Crippen LogP contribution in [0.5, 0.6) is 0 Å². The zero-order valence-electron chi connectivity index (χ0n) is 13.6. The maximum Gasteiger partial charge on any atom is 0.290 e. The van der Waals surface area contributed by atoms with E-state index in [1.165, 1.54) is 0 Å². The number of carboxylic acid groups (broad SMARTS) is 1. The summed E-state index contributed by atoms with van der Waals surface area (Å²) in [5.41, 5.74) is -0.189. The minimum atomic E-state index is -0.250. The Morgan fingerprint density at radius 3 is 2.64 bits per heavy atom. The summed E-state index contributed by atoms with van der Waals surface area (Å²) in [6.45, 7) is 8.38. The monoisotopic (exact) mass is 314 g/mol. The molecular weight excluding hydrogens is 288 g/mol. The molecule has 0 aliphatic heterocycles. The molecule has 22 heavy (non-hydrogen) atoms. The van der Waals surface area contributed by atoms with Crippen LogP contribution in [0.3, 0.4) is 0 Å². The van der Waals surface area contributed by atoms with E-state index in [0.717, 1.165) is 31.6 Å². The number of amides is 1. The molecule has 0 aliphatic rings. The second-order valence-corrected chi connectivity index (χ2v) is 5.66. The average Bonchev–Trinajstić information content (AvgIpc) is 2.86. The highest BCUT2D eigenvalue weighted by atomic mass is 16.3. The first-order valence-electron chi connectivity index (χ1n) is 7.13. The summed E-state index contributed by atoms with van der Waals surface area (Å²) in [4.78, 5) is 19.4. The summed E-state index contributed by atoms with van der Waals surface area (Å²) in [6, 6.07) is 0.340. The Morgan fingerprint density at radius 1 is 1.50 bits per heavy atom. The molecular formula is C13H26N6O3. The van der Waals surface area contributed by atoms with E-state index in [1.807, 2.05) is 13.8 Å². The summed E-state index contributed by atoms with van der Waals surface area (Å²) in [7, 11) is 0. The molecule has 1 atom stereocenters. The van der Waals surface area contributed by atoms with Gasteiger partial charge >= 0.3 is 0 Å². The van der Waals surface area contributed by atoms with Crippen molar-refractivity contribution in [3.8, 4) is 0 Å². The number of aromatic nitrogens is 4. The first kappa shape index (κ1) is 20.0. The van der Waals surface area contributed by atoms with Gasteiger partial charge in [0.1, 0.15) is 0 Å². The molecule has 0 radical (unpaired) electrons. The smallest absolute Gasteiger partial charge is 0.290 e. The third kappa shape index (κ3) is 10.7. The number of rotatable bonds is 8. The van der Waals surface area contributed by atoms with Crippen molar-refractivity contribution in [1.29, 1.82) is 0 Å². The fourth-order valence-corrected chi connectivity index (χ4v) is 2.25. The van der Waals surface area contributed by atoms with Gasteiger partial charge in [0, 0.05) is 24.9 Å². The highest BCUT2D eigenvalue weighted by molar-refractivity contribution is 5.73. The van der Waals surface area contributed by atoms with Gasteiger partial charge in [-0.05, 0) is 40.2 Å². The largest absolute Gasteiger partial charge is 0.483 e. The number of tetrazole rings is 1. The molecule has 126 valence electrons. The van der Waals surface area contributed by atoms with Crippen molar-refractivity contribution in [1.82, 2.24) is 31.3 Å². The molecule has 0 spiro atoms. The quantitative estimate of drug-likeness (QED) is 0.395. The molecule has 0 aromatic carbocycles. The van der Waals surface area contributed by atoms with Crippen molar-refractivity contribution in [3.63, 3.8) is 0 Å². The highest BCUT2D eigenvalue weighted by Crippen LogP contribution is 2.11. The first-order chi connectivity index (χ1) is 10.3. The molecule has 0 fully saturated rings. The van der Waals surface area contributed by atoms with Gasteiger partial charge in [-0.25, -0.2) is 0 Å². The first-order valence-corrected chi connectivity index (χ1v) is 7.13. The third-order valence-corrected chi connectivity index (χ3v) is 2.79. The maximum absolute atomic E-state index is 11.1. The summed E-state index contributed by atoms with van der Waals surface area (Å²) in [5, 5.41) is 27.0. The molecule has 1 unspecified atom stereocenters. The number of hydrogen-bond donors (Lipinski definition) is 4. The van der Waals surface area contributed by atoms with Crippen LogP contribution in [0.25, 0.3) is 0 Å². The maximum atomic E-state index is 11.1. The number of carbonyl (C=O) groups is 2. The molecule has 1 rings (SSSR count). The van der Waals surface area contributed by atoms with E-state index in [-0.39, 0.29) is 17.9 Å². The Morgan fingerprint density at radius 2 is 2.14 bits per heavy atom. The van der Waals surface area contributed by atoms with Crippen LogP contribution in [0.4, 0.5) is 0 Å². The van der Waals surface area contributed by atoms with E-state index in [0.29, 0.717) is 6.04 Å². The van der Waals surface area contributed by atoms with Gasteiger partial charge in [0.2, 0.25) is 5.91 Å². The molecule has 4 N–H and O–H groups in total. The molecule has 1 aromatic rings. The van der Waals surface area contributed by atoms with Crippen LogP contribution >= 0.6 is 0 Å². The third-order valence-electron chi connectivity index (χ3n) is 2.79. The number of H-pyrrole nitrogens is 1. The van der Waals surface area contributed by atoms with E-state index in [1.54, 1.807) is 6.92 Å². The fraction of sp³-hybridized carbons (Fsp3) is 0.769. The Labute approximate surface area is 130 Å². The molecule has 9 heteroatoms. The van der Waals surface area contributed by atoms with Gasteiger partial charge in [-0.3, -0.25) is 9.59 Å². The summed E-state index contributed by atoms with van der Waals surface area (Å²) < 4.78 is 0. The van der Waals surface area contributed by atoms with Gasteiger partial charge in [0.15, 0.2) is 5.82 Å². The van der Waals surface area contributed by atoms with E-state index in [4.69, 9.17) is 9.90 Å². The minimum absolute atomic E-state index is 0.00862. The Kier molecular flexibility index (Phi) is 9.68. The van der Waals surface area contributed by atoms with Crippen LogP contribution < -0.4 is 10.6 Å². The summed E-state index contributed by atoms with van der Waals surface area (Å²) in [6.07, 6.45) is 2.66. The van der Waals surface area contributed by atoms with Crippen molar-refractivity contribution >= 4 is 12.4 Å². The van der Waals surface area contributed by atoms with Gasteiger partial charge in [0.05, 0.1) is 0 Å². The topological polar surface area (TPSA) is 133 Å². The van der Waals surface area contributed by atoms with Gasteiger partial charge in [-0.1, -0.05) is 5.21 Å². The van der Waals surface area contributed by atoms with E-state index in [9.17, 15) is 4.79 Å². The van der Waals surface area contributed by atoms with Crippen molar-refractivity contribution in [3.05, 3.63) is 5.82 Å². The van der Waals surface area contributed by atoms with Gasteiger partial charge in [-0.2, -0.15) is 5.21 Å². The van der Waals surface area contributed by atoms with Crippen LogP contribution in [0.1, 0.15) is 46.4 Å². The number of hydrogen-bond acceptors (Lipinski definition) is 6. The highest BCUT2D eigenvalue weighted by Gasteiger charge is 2.21. The van der Waals surface area contributed by atoms with Crippen LogP contribution in [-0.4, -0.2) is 56.2 Å². The van der Waals surface area contributed by atoms with Gasteiger partial charge in [-0.15, -0.1) is 10.2 Å². The normalized spacial score (nSPS) is 12.0. The van der Waals surface area contributed by atoms with E-state index < -0.39 is 0 Å². The zero-order chi connectivity index (χ0) is 17.0. The standard InChI is InChI=1S/C12H24N6O.CH2O2/c1-9(8-12(3,4)14-10(2)19)13-7-5-6-11-15-17-18-16-11;2-1-3/h9,13H,5-8H2,1-4H3,(H,14,19)(H,15,16,17,18);1H,(H,2,3). The lowest BCUT2D eigenvalue weighted by molar-refractivity contribution is -0.123. The molecule has 0 saturated carbocycles. The minimum Gasteiger partial charge on any atom is -0.483 e. The molecule has 0 aliphatic carbocycles. The van der Waals surface area contributed by atoms with Crippen molar-refractivity contribution in [2.24, 2.45) is 0 Å². The van der Waals surface area contributed by atoms with Crippen molar-refractivity contribution in [2.75, 3.05) is 6.54 Å². The van der Waals surface area contributed by atoms with Crippen LogP contribution in [-0.2, 0) is 16.0 Å². The predicted octanol–water partition coefficient (Wildman–Crippen LogP) is 0.116. The lowest BCUT2D eigenvalue weighted by Gasteiger charge is -2.29. The lowest BCUT2D eigenvalue weighted by Crippen LogP contribution is -2.46. The van der Waals surface area contributed by atoms with Crippen LogP contribution in [0, 0.1) is 0 Å². The number of aryl methyl sites for hydroxylation is 1. The van der Waals surface area contributed by atoms with Gasteiger partial charge in [0.25, 0.3) is 6.47 Å². The van der Waals surface area contributed by atoms with E-state index in [2.05, 4.69) is 38.2 Å². The van der Waals surface area contributed by atoms with Gasteiger partial charge < -0.3 is 15.7 Å². The predicted molar refractivity (Wildman–Crippen MR) is 81.2 cm³/mol. The summed E-state index contributed by atoms with van der Waals surface area (Å²) >= 11 is 0. The Balaban J connectivity index is 0.00000135.